The molecule has 1 amide bonds. The van der Waals surface area contributed by atoms with Gasteiger partial charge in [0.15, 0.2) is 11.9 Å². The van der Waals surface area contributed by atoms with Crippen LogP contribution in [0.1, 0.15) is 48.9 Å². The molecule has 0 bridgehead atoms. The Morgan fingerprint density at radius 1 is 1.22 bits per heavy atom. The third-order valence-corrected chi connectivity index (χ3v) is 5.51. The van der Waals surface area contributed by atoms with Gasteiger partial charge in [0, 0.05) is 24.2 Å². The highest BCUT2D eigenvalue weighted by Crippen LogP contribution is 2.28. The molecule has 1 fully saturated rings. The molecular weight excluding hydrogens is 413 g/mol. The first-order valence-electron chi connectivity index (χ1n) is 10.6. The number of piperidine rings is 1. The van der Waals surface area contributed by atoms with Crippen LogP contribution < -0.4 is 4.74 Å². The zero-order chi connectivity index (χ0) is 22.7. The van der Waals surface area contributed by atoms with Gasteiger partial charge < -0.3 is 14.2 Å². The molecule has 0 radical (unpaired) electrons. The molecule has 2 unspecified atom stereocenters. The predicted octanol–water partition coefficient (Wildman–Crippen LogP) is 4.25. The zero-order valence-corrected chi connectivity index (χ0v) is 18.0. The van der Waals surface area contributed by atoms with E-state index >= 15 is 0 Å². The molecule has 0 saturated carbocycles. The van der Waals surface area contributed by atoms with Crippen molar-refractivity contribution in [1.82, 2.24) is 15.0 Å². The SMILES string of the molecule is CC(=O)c1cccc(OC(C)C(=O)N2CCCC(c3nc(-c4cccc(F)c4)no3)C2)c1. The number of nitrogens with zero attached hydrogens (tertiary/aromatic N) is 3. The molecule has 2 heterocycles. The molecule has 3 aromatic rings. The minimum absolute atomic E-state index is 0.0644. The number of hydrogen-bond donors (Lipinski definition) is 0. The second kappa shape index (κ2) is 9.30. The van der Waals surface area contributed by atoms with E-state index in [2.05, 4.69) is 10.1 Å². The van der Waals surface area contributed by atoms with Crippen LogP contribution >= 0.6 is 0 Å². The van der Waals surface area contributed by atoms with Crippen molar-refractivity contribution in [1.29, 1.82) is 0 Å². The lowest BCUT2D eigenvalue weighted by Gasteiger charge is -2.32. The number of halogens is 1. The van der Waals surface area contributed by atoms with E-state index in [-0.39, 0.29) is 23.4 Å². The lowest BCUT2D eigenvalue weighted by Crippen LogP contribution is -2.45. The number of hydrogen-bond acceptors (Lipinski definition) is 6. The summed E-state index contributed by atoms with van der Waals surface area (Å²) in [6.45, 7) is 4.23. The van der Waals surface area contributed by atoms with E-state index in [0.29, 0.717) is 41.7 Å². The highest BCUT2D eigenvalue weighted by atomic mass is 19.1. The van der Waals surface area contributed by atoms with Gasteiger partial charge >= 0.3 is 0 Å². The van der Waals surface area contributed by atoms with Gasteiger partial charge in [0.2, 0.25) is 11.7 Å². The fraction of sp³-hybridized carbons (Fsp3) is 0.333. The summed E-state index contributed by atoms with van der Waals surface area (Å²) < 4.78 is 24.7. The molecule has 2 aromatic carbocycles. The normalized spacial score (nSPS) is 17.1. The van der Waals surface area contributed by atoms with E-state index in [1.165, 1.54) is 19.1 Å². The Bertz CT molecular complexity index is 1130. The molecule has 1 saturated heterocycles. The van der Waals surface area contributed by atoms with Crippen LogP contribution in [0.25, 0.3) is 11.4 Å². The van der Waals surface area contributed by atoms with E-state index in [4.69, 9.17) is 9.26 Å². The molecule has 2 atom stereocenters. The number of ether oxygens (including phenoxy) is 1. The Hall–Kier alpha value is -3.55. The van der Waals surface area contributed by atoms with Gasteiger partial charge in [-0.1, -0.05) is 29.4 Å². The van der Waals surface area contributed by atoms with Crippen molar-refractivity contribution < 1.29 is 23.2 Å². The molecule has 1 aliphatic rings. The van der Waals surface area contributed by atoms with Crippen molar-refractivity contribution in [2.24, 2.45) is 0 Å². The van der Waals surface area contributed by atoms with Crippen LogP contribution in [-0.2, 0) is 4.79 Å². The van der Waals surface area contributed by atoms with Crippen LogP contribution in [0.4, 0.5) is 4.39 Å². The predicted molar refractivity (Wildman–Crippen MR) is 115 cm³/mol. The van der Waals surface area contributed by atoms with E-state index in [0.717, 1.165) is 12.8 Å². The number of carbonyl (C=O) groups excluding carboxylic acids is 2. The number of carbonyl (C=O) groups is 2. The van der Waals surface area contributed by atoms with Gasteiger partial charge in [0.1, 0.15) is 11.6 Å². The summed E-state index contributed by atoms with van der Waals surface area (Å²) >= 11 is 0. The van der Waals surface area contributed by atoms with Gasteiger partial charge in [0.05, 0.1) is 5.92 Å². The molecule has 4 rings (SSSR count). The highest BCUT2D eigenvalue weighted by molar-refractivity contribution is 5.94. The summed E-state index contributed by atoms with van der Waals surface area (Å²) in [4.78, 5) is 30.7. The van der Waals surface area contributed by atoms with Crippen molar-refractivity contribution in [2.45, 2.75) is 38.7 Å². The molecule has 1 aliphatic heterocycles. The maximum atomic E-state index is 13.5. The first-order chi connectivity index (χ1) is 15.4. The minimum Gasteiger partial charge on any atom is -0.481 e. The summed E-state index contributed by atoms with van der Waals surface area (Å²) in [5, 5.41) is 3.98. The molecule has 8 heteroatoms. The Labute approximate surface area is 185 Å². The summed E-state index contributed by atoms with van der Waals surface area (Å²) in [5.74, 6) is 0.554. The highest BCUT2D eigenvalue weighted by Gasteiger charge is 2.31. The van der Waals surface area contributed by atoms with Gasteiger partial charge in [-0.3, -0.25) is 9.59 Å². The minimum atomic E-state index is -0.707. The van der Waals surface area contributed by atoms with Crippen molar-refractivity contribution in [3.63, 3.8) is 0 Å². The Balaban J connectivity index is 1.42. The van der Waals surface area contributed by atoms with Gasteiger partial charge in [0.25, 0.3) is 5.91 Å². The quantitative estimate of drug-likeness (QED) is 0.536. The molecule has 0 N–H and O–H groups in total. The number of aromatic nitrogens is 2. The van der Waals surface area contributed by atoms with Gasteiger partial charge in [-0.25, -0.2) is 4.39 Å². The number of likely N-dealkylation sites (tertiary alicyclic amines) is 1. The fourth-order valence-electron chi connectivity index (χ4n) is 3.82. The molecule has 7 nitrogen and oxygen atoms in total. The Morgan fingerprint density at radius 3 is 2.81 bits per heavy atom. The van der Waals surface area contributed by atoms with Crippen LogP contribution in [0.15, 0.2) is 53.1 Å². The fourth-order valence-corrected chi connectivity index (χ4v) is 3.82. The standard InChI is InChI=1S/C24H24FN3O4/c1-15(29)17-6-4-10-21(13-17)31-16(2)24(30)28-11-5-8-19(14-28)23-26-22(27-32-23)18-7-3-9-20(25)12-18/h3-4,6-7,9-10,12-13,16,19H,5,8,11,14H2,1-2H3. The van der Waals surface area contributed by atoms with Crippen LogP contribution in [0.3, 0.4) is 0 Å². The second-order valence-corrected chi connectivity index (χ2v) is 7.93. The van der Waals surface area contributed by atoms with E-state index in [1.807, 2.05) is 0 Å². The average Bonchev–Trinajstić information content (AvgIpc) is 3.29. The number of Topliss-reactive ketones (excluding diaryl/α,β-unsaturated/α-hetero) is 1. The molecule has 0 aliphatic carbocycles. The molecule has 32 heavy (non-hydrogen) atoms. The van der Waals surface area contributed by atoms with Gasteiger partial charge in [-0.15, -0.1) is 0 Å². The van der Waals surface area contributed by atoms with Crippen LogP contribution in [0.2, 0.25) is 0 Å². The lowest BCUT2D eigenvalue weighted by molar-refractivity contribution is -0.139. The first-order valence-corrected chi connectivity index (χ1v) is 10.6. The first kappa shape index (κ1) is 21.7. The maximum Gasteiger partial charge on any atom is 0.263 e. The summed E-state index contributed by atoms with van der Waals surface area (Å²) in [6, 6.07) is 12.8. The second-order valence-electron chi connectivity index (χ2n) is 7.93. The van der Waals surface area contributed by atoms with Crippen molar-refractivity contribution in [2.75, 3.05) is 13.1 Å². The van der Waals surface area contributed by atoms with Crippen LogP contribution in [0, 0.1) is 5.82 Å². The smallest absolute Gasteiger partial charge is 0.263 e. The van der Waals surface area contributed by atoms with Crippen molar-refractivity contribution >= 4 is 11.7 Å². The van der Waals surface area contributed by atoms with E-state index < -0.39 is 6.10 Å². The Morgan fingerprint density at radius 2 is 2.03 bits per heavy atom. The monoisotopic (exact) mass is 437 g/mol. The number of benzene rings is 2. The lowest BCUT2D eigenvalue weighted by atomic mass is 9.97. The number of ketones is 1. The third-order valence-electron chi connectivity index (χ3n) is 5.51. The maximum absolute atomic E-state index is 13.5. The molecule has 0 spiro atoms. The Kier molecular flexibility index (Phi) is 6.30. The topological polar surface area (TPSA) is 85.5 Å². The third kappa shape index (κ3) is 4.85. The average molecular weight is 437 g/mol. The van der Waals surface area contributed by atoms with Crippen molar-refractivity contribution in [3.8, 4) is 17.1 Å². The van der Waals surface area contributed by atoms with Crippen molar-refractivity contribution in [3.05, 3.63) is 65.8 Å². The van der Waals surface area contributed by atoms with Crippen LogP contribution in [0.5, 0.6) is 5.75 Å². The summed E-state index contributed by atoms with van der Waals surface area (Å²) in [5.41, 5.74) is 1.07. The van der Waals surface area contributed by atoms with Crippen LogP contribution in [-0.4, -0.2) is 45.9 Å². The number of amides is 1. The number of rotatable bonds is 6. The summed E-state index contributed by atoms with van der Waals surface area (Å²) in [7, 11) is 0. The molecule has 166 valence electrons. The molecular formula is C24H24FN3O4. The van der Waals surface area contributed by atoms with Gasteiger partial charge in [-0.2, -0.15) is 4.98 Å². The molecule has 1 aromatic heterocycles. The largest absolute Gasteiger partial charge is 0.481 e. The van der Waals surface area contributed by atoms with Gasteiger partial charge in [-0.05, 0) is 51.0 Å². The zero-order valence-electron chi connectivity index (χ0n) is 18.0. The van der Waals surface area contributed by atoms with E-state index in [9.17, 15) is 14.0 Å². The summed E-state index contributed by atoms with van der Waals surface area (Å²) in [6.07, 6.45) is 0.895. The van der Waals surface area contributed by atoms with E-state index in [1.54, 1.807) is 48.2 Å².